The average molecular weight is 312 g/mol. The monoisotopic (exact) mass is 311 g/mol. The van der Waals surface area contributed by atoms with Gasteiger partial charge in [-0.3, -0.25) is 0 Å². The van der Waals surface area contributed by atoms with Crippen LogP contribution in [0.1, 0.15) is 50.6 Å². The lowest BCUT2D eigenvalue weighted by Gasteiger charge is -2.34. The van der Waals surface area contributed by atoms with Gasteiger partial charge in [0, 0.05) is 6.04 Å². The summed E-state index contributed by atoms with van der Waals surface area (Å²) < 4.78 is 6.26. The third-order valence-electron chi connectivity index (χ3n) is 4.50. The minimum atomic E-state index is 0.132. The molecule has 1 aromatic carbocycles. The molecule has 2 nitrogen and oxygen atoms in total. The zero-order valence-corrected chi connectivity index (χ0v) is 12.8. The molecule has 0 heterocycles. The number of ether oxygens (including phenoxy) is 1. The molecule has 1 aromatic rings. The van der Waals surface area contributed by atoms with Crippen LogP contribution in [0, 0.1) is 5.41 Å². The van der Waals surface area contributed by atoms with Crippen LogP contribution in [0.25, 0.3) is 0 Å². The van der Waals surface area contributed by atoms with E-state index in [1.165, 1.54) is 31.2 Å². The van der Waals surface area contributed by atoms with Gasteiger partial charge in [0.25, 0.3) is 0 Å². The van der Waals surface area contributed by atoms with Crippen molar-refractivity contribution >= 4 is 15.9 Å². The minimum absolute atomic E-state index is 0.132. The van der Waals surface area contributed by atoms with E-state index in [0.29, 0.717) is 5.41 Å². The smallest absolute Gasteiger partial charge is 0.133 e. The van der Waals surface area contributed by atoms with Gasteiger partial charge in [-0.15, -0.1) is 0 Å². The van der Waals surface area contributed by atoms with Gasteiger partial charge in [-0.05, 0) is 58.3 Å². The van der Waals surface area contributed by atoms with Crippen LogP contribution in [0.5, 0.6) is 5.75 Å². The van der Waals surface area contributed by atoms with Crippen molar-refractivity contribution in [2.45, 2.75) is 45.1 Å². The predicted molar refractivity (Wildman–Crippen MR) is 78.8 cm³/mol. The molecule has 2 rings (SSSR count). The van der Waals surface area contributed by atoms with Crippen LogP contribution in [0.3, 0.4) is 0 Å². The number of hydrogen-bond donors (Lipinski definition) is 1. The van der Waals surface area contributed by atoms with Gasteiger partial charge in [0.2, 0.25) is 0 Å². The first-order valence-corrected chi connectivity index (χ1v) is 7.51. The Hall–Kier alpha value is -0.540. The summed E-state index contributed by atoms with van der Waals surface area (Å²) in [5, 5.41) is 0. The molecule has 0 aromatic heterocycles. The predicted octanol–water partition coefficient (Wildman–Crippen LogP) is 4.43. The molecule has 0 aliphatic heterocycles. The first kappa shape index (κ1) is 13.9. The fourth-order valence-electron chi connectivity index (χ4n) is 3.19. The molecule has 2 N–H and O–H groups in total. The van der Waals surface area contributed by atoms with Gasteiger partial charge in [0.05, 0.1) is 11.6 Å². The molecule has 1 aliphatic rings. The largest absolute Gasteiger partial charge is 0.496 e. The van der Waals surface area contributed by atoms with Crippen molar-refractivity contribution in [3.63, 3.8) is 0 Å². The zero-order chi connectivity index (χ0) is 13.2. The Balaban J connectivity index is 2.27. The highest BCUT2D eigenvalue weighted by Gasteiger charge is 2.38. The van der Waals surface area contributed by atoms with Gasteiger partial charge in [-0.1, -0.05) is 25.8 Å². The van der Waals surface area contributed by atoms with Crippen LogP contribution >= 0.6 is 15.9 Å². The Bertz CT molecular complexity index is 413. The van der Waals surface area contributed by atoms with Crippen LogP contribution in [0.4, 0.5) is 0 Å². The van der Waals surface area contributed by atoms with Gasteiger partial charge in [0.15, 0.2) is 0 Å². The lowest BCUT2D eigenvalue weighted by atomic mass is 9.74. The molecule has 1 unspecified atom stereocenters. The summed E-state index contributed by atoms with van der Waals surface area (Å²) in [6.45, 7) is 2.27. The number of halogens is 1. The van der Waals surface area contributed by atoms with Gasteiger partial charge in [-0.25, -0.2) is 0 Å². The second-order valence-corrected chi connectivity index (χ2v) is 6.15. The lowest BCUT2D eigenvalue weighted by Crippen LogP contribution is -2.31. The fraction of sp³-hybridized carbons (Fsp3) is 0.600. The van der Waals surface area contributed by atoms with Crippen molar-refractivity contribution in [3.05, 3.63) is 28.2 Å². The van der Waals surface area contributed by atoms with Crippen LogP contribution in [0.2, 0.25) is 0 Å². The molecule has 1 atom stereocenters. The van der Waals surface area contributed by atoms with Crippen molar-refractivity contribution < 1.29 is 4.74 Å². The highest BCUT2D eigenvalue weighted by atomic mass is 79.9. The van der Waals surface area contributed by atoms with Crippen LogP contribution in [0.15, 0.2) is 22.7 Å². The Morgan fingerprint density at radius 2 is 2.06 bits per heavy atom. The zero-order valence-electron chi connectivity index (χ0n) is 11.2. The van der Waals surface area contributed by atoms with Gasteiger partial charge < -0.3 is 10.5 Å². The van der Waals surface area contributed by atoms with Gasteiger partial charge in [-0.2, -0.15) is 0 Å². The SMILES string of the molecule is CCC1(C(N)c2ccc(OC)c(Br)c2)CCCC1. The number of benzene rings is 1. The summed E-state index contributed by atoms with van der Waals surface area (Å²) in [5.74, 6) is 0.864. The van der Waals surface area contributed by atoms with Crippen molar-refractivity contribution in [3.8, 4) is 5.75 Å². The first-order chi connectivity index (χ1) is 8.63. The normalized spacial score (nSPS) is 19.8. The lowest BCUT2D eigenvalue weighted by molar-refractivity contribution is 0.222. The van der Waals surface area contributed by atoms with Crippen LogP contribution < -0.4 is 10.5 Å². The molecule has 18 heavy (non-hydrogen) atoms. The topological polar surface area (TPSA) is 35.2 Å². The van der Waals surface area contributed by atoms with Crippen molar-refractivity contribution in [1.29, 1.82) is 0 Å². The molecular formula is C15H22BrNO. The van der Waals surface area contributed by atoms with Crippen LogP contribution in [-0.4, -0.2) is 7.11 Å². The molecule has 0 spiro atoms. The van der Waals surface area contributed by atoms with Crippen molar-refractivity contribution in [2.24, 2.45) is 11.1 Å². The molecule has 1 aliphatic carbocycles. The maximum Gasteiger partial charge on any atom is 0.133 e. The number of rotatable bonds is 4. The molecule has 1 saturated carbocycles. The molecule has 0 amide bonds. The average Bonchev–Trinajstić information content (AvgIpc) is 2.87. The van der Waals surface area contributed by atoms with E-state index in [-0.39, 0.29) is 6.04 Å². The van der Waals surface area contributed by atoms with E-state index in [1.54, 1.807) is 7.11 Å². The molecule has 0 saturated heterocycles. The fourth-order valence-corrected chi connectivity index (χ4v) is 3.75. The minimum Gasteiger partial charge on any atom is -0.496 e. The van der Waals surface area contributed by atoms with E-state index in [9.17, 15) is 0 Å². The van der Waals surface area contributed by atoms with E-state index in [1.807, 2.05) is 6.07 Å². The molecule has 100 valence electrons. The summed E-state index contributed by atoms with van der Waals surface area (Å²) in [5.41, 5.74) is 8.06. The summed E-state index contributed by atoms with van der Waals surface area (Å²) >= 11 is 3.54. The highest BCUT2D eigenvalue weighted by molar-refractivity contribution is 9.10. The first-order valence-electron chi connectivity index (χ1n) is 6.72. The van der Waals surface area contributed by atoms with Crippen LogP contribution in [-0.2, 0) is 0 Å². The summed E-state index contributed by atoms with van der Waals surface area (Å²) in [6.07, 6.45) is 6.32. The summed E-state index contributed by atoms with van der Waals surface area (Å²) in [7, 11) is 1.68. The Labute approximate surface area is 118 Å². The maximum atomic E-state index is 6.54. The molecule has 0 radical (unpaired) electrons. The van der Waals surface area contributed by atoms with E-state index in [4.69, 9.17) is 10.5 Å². The molecule has 3 heteroatoms. The highest BCUT2D eigenvalue weighted by Crippen LogP contribution is 2.49. The van der Waals surface area contributed by atoms with E-state index in [0.717, 1.165) is 16.6 Å². The molecular weight excluding hydrogens is 290 g/mol. The van der Waals surface area contributed by atoms with Gasteiger partial charge in [0.1, 0.15) is 5.75 Å². The molecule has 1 fully saturated rings. The van der Waals surface area contributed by atoms with E-state index >= 15 is 0 Å². The standard InChI is InChI=1S/C15H22BrNO/c1-3-15(8-4-5-9-15)14(17)11-6-7-13(18-2)12(16)10-11/h6-7,10,14H,3-5,8-9,17H2,1-2H3. The summed E-state index contributed by atoms with van der Waals surface area (Å²) in [6, 6.07) is 6.34. The van der Waals surface area contributed by atoms with Crippen molar-refractivity contribution in [1.82, 2.24) is 0 Å². The number of nitrogens with two attached hydrogens (primary N) is 1. The second-order valence-electron chi connectivity index (χ2n) is 5.29. The number of hydrogen-bond acceptors (Lipinski definition) is 2. The van der Waals surface area contributed by atoms with Crippen molar-refractivity contribution in [2.75, 3.05) is 7.11 Å². The van der Waals surface area contributed by atoms with Gasteiger partial charge >= 0.3 is 0 Å². The maximum absolute atomic E-state index is 6.54. The molecule has 0 bridgehead atoms. The second kappa shape index (κ2) is 5.62. The Kier molecular flexibility index (Phi) is 4.33. The van der Waals surface area contributed by atoms with E-state index in [2.05, 4.69) is 35.0 Å². The third-order valence-corrected chi connectivity index (χ3v) is 5.12. The Morgan fingerprint density at radius 1 is 1.39 bits per heavy atom. The third kappa shape index (κ3) is 2.43. The summed E-state index contributed by atoms with van der Waals surface area (Å²) in [4.78, 5) is 0. The quantitative estimate of drug-likeness (QED) is 0.893. The Morgan fingerprint density at radius 3 is 2.56 bits per heavy atom. The number of methoxy groups -OCH3 is 1. The van der Waals surface area contributed by atoms with E-state index < -0.39 is 0 Å².